The van der Waals surface area contributed by atoms with Crippen molar-refractivity contribution in [3.8, 4) is 0 Å². The highest BCUT2D eigenvalue weighted by atomic mass is 16.4. The van der Waals surface area contributed by atoms with Gasteiger partial charge < -0.3 is 27.4 Å². The zero-order valence-corrected chi connectivity index (χ0v) is 9.96. The smallest absolute Gasteiger partial charge is 0.331 e. The summed E-state index contributed by atoms with van der Waals surface area (Å²) in [6, 6.07) is -1.43. The van der Waals surface area contributed by atoms with Crippen LogP contribution in [-0.4, -0.2) is 46.1 Å². The first kappa shape index (κ1) is 16.5. The largest absolute Gasteiger partial charge is 0.481 e. The Kier molecular flexibility index (Phi) is 6.45. The number of Topliss-reactive ketones (excluding diaryl/α,β-unsaturated/α-hetero) is 1. The molecule has 0 aromatic rings. The van der Waals surface area contributed by atoms with Crippen molar-refractivity contribution in [3.05, 3.63) is 0 Å². The van der Waals surface area contributed by atoms with E-state index in [4.69, 9.17) is 27.4 Å². The van der Waals surface area contributed by atoms with Gasteiger partial charge in [-0.1, -0.05) is 0 Å². The second-order valence-corrected chi connectivity index (χ2v) is 4.09. The Hall–Kier alpha value is -1.51. The summed E-state index contributed by atoms with van der Waals surface area (Å²) >= 11 is 0. The molecule has 0 saturated heterocycles. The van der Waals surface area contributed by atoms with Crippen LogP contribution in [0.25, 0.3) is 0 Å². The first-order chi connectivity index (χ1) is 8.25. The van der Waals surface area contributed by atoms with Gasteiger partial charge in [0.05, 0.1) is 12.5 Å². The molecule has 2 unspecified atom stereocenters. The van der Waals surface area contributed by atoms with Crippen LogP contribution >= 0.6 is 0 Å². The Labute approximate surface area is 104 Å². The van der Waals surface area contributed by atoms with Crippen LogP contribution in [0.15, 0.2) is 0 Å². The molecule has 0 aliphatic rings. The highest BCUT2D eigenvalue weighted by Gasteiger charge is 2.44. The fourth-order valence-electron chi connectivity index (χ4n) is 1.50. The number of aliphatic carboxylic acids is 2. The number of hydrogen-bond donors (Lipinski definition) is 5. The minimum atomic E-state index is -2.15. The van der Waals surface area contributed by atoms with Crippen LogP contribution in [0.3, 0.4) is 0 Å². The number of nitrogens with two attached hydrogens (primary N) is 3. The van der Waals surface area contributed by atoms with E-state index in [1.54, 1.807) is 0 Å². The Bertz CT molecular complexity index is 333. The van der Waals surface area contributed by atoms with E-state index in [-0.39, 0.29) is 6.42 Å². The molecule has 0 saturated carbocycles. The highest BCUT2D eigenvalue weighted by Crippen LogP contribution is 2.16. The van der Waals surface area contributed by atoms with E-state index >= 15 is 0 Å². The maximum Gasteiger partial charge on any atom is 0.331 e. The van der Waals surface area contributed by atoms with Crippen molar-refractivity contribution in [2.45, 2.75) is 37.3 Å². The van der Waals surface area contributed by atoms with Gasteiger partial charge in [-0.2, -0.15) is 0 Å². The maximum atomic E-state index is 11.8. The zero-order chi connectivity index (χ0) is 14.3. The molecule has 0 amide bonds. The third-order valence-corrected chi connectivity index (χ3v) is 2.58. The molecule has 8 heteroatoms. The lowest BCUT2D eigenvalue weighted by atomic mass is 9.84. The Morgan fingerprint density at radius 3 is 2.11 bits per heavy atom. The summed E-state index contributed by atoms with van der Waals surface area (Å²) in [5.74, 6) is -3.77. The van der Waals surface area contributed by atoms with Crippen LogP contribution < -0.4 is 17.2 Å². The van der Waals surface area contributed by atoms with Crippen molar-refractivity contribution in [2.24, 2.45) is 17.2 Å². The summed E-state index contributed by atoms with van der Waals surface area (Å²) in [4.78, 5) is 33.3. The molecule has 8 N–H and O–H groups in total. The van der Waals surface area contributed by atoms with Crippen molar-refractivity contribution < 1.29 is 24.6 Å². The lowest BCUT2D eigenvalue weighted by molar-refractivity contribution is -0.150. The minimum absolute atomic E-state index is 0.119. The monoisotopic (exact) mass is 261 g/mol. The van der Waals surface area contributed by atoms with Crippen LogP contribution in [0.1, 0.15) is 25.7 Å². The summed E-state index contributed by atoms with van der Waals surface area (Å²) in [6.07, 6.45) is 0.103. The maximum absolute atomic E-state index is 11.8. The second-order valence-electron chi connectivity index (χ2n) is 4.09. The van der Waals surface area contributed by atoms with Crippen LogP contribution in [0.4, 0.5) is 0 Å². The summed E-state index contributed by atoms with van der Waals surface area (Å²) in [5.41, 5.74) is 14.0. The molecule has 0 fully saturated rings. The van der Waals surface area contributed by atoms with E-state index in [2.05, 4.69) is 0 Å². The first-order valence-corrected chi connectivity index (χ1v) is 5.49. The van der Waals surface area contributed by atoms with Crippen LogP contribution in [0, 0.1) is 0 Å². The lowest BCUT2D eigenvalue weighted by Gasteiger charge is -2.25. The van der Waals surface area contributed by atoms with Crippen LogP contribution in [0.2, 0.25) is 0 Å². The highest BCUT2D eigenvalue weighted by molar-refractivity contribution is 6.10. The van der Waals surface area contributed by atoms with Gasteiger partial charge in [0.15, 0.2) is 11.3 Å². The standard InChI is InChI=1S/C10H19N3O5/c11-4-2-1-3-10(13,9(17)18)8(16)6(12)5-7(14)15/h6H,1-5,11-13H2,(H,14,15)(H,17,18). The molecule has 0 spiro atoms. The fraction of sp³-hybridized carbons (Fsp3) is 0.700. The fourth-order valence-corrected chi connectivity index (χ4v) is 1.50. The number of carbonyl (C=O) groups is 3. The van der Waals surface area contributed by atoms with E-state index in [9.17, 15) is 14.4 Å². The van der Waals surface area contributed by atoms with Gasteiger partial charge in [0, 0.05) is 0 Å². The van der Waals surface area contributed by atoms with Crippen molar-refractivity contribution >= 4 is 17.7 Å². The van der Waals surface area contributed by atoms with E-state index in [1.807, 2.05) is 0 Å². The first-order valence-electron chi connectivity index (χ1n) is 5.49. The molecule has 0 aromatic carbocycles. The van der Waals surface area contributed by atoms with Gasteiger partial charge in [-0.3, -0.25) is 9.59 Å². The summed E-state index contributed by atoms with van der Waals surface area (Å²) in [5, 5.41) is 17.5. The summed E-state index contributed by atoms with van der Waals surface area (Å²) in [6.45, 7) is 0.352. The summed E-state index contributed by atoms with van der Waals surface area (Å²) in [7, 11) is 0. The normalized spacial score (nSPS) is 15.7. The molecular weight excluding hydrogens is 242 g/mol. The average Bonchev–Trinajstić information content (AvgIpc) is 2.26. The van der Waals surface area contributed by atoms with Crippen molar-refractivity contribution in [1.82, 2.24) is 0 Å². The molecule has 8 nitrogen and oxygen atoms in total. The third kappa shape index (κ3) is 4.40. The van der Waals surface area contributed by atoms with Gasteiger partial charge in [0.25, 0.3) is 0 Å². The quantitative estimate of drug-likeness (QED) is 0.241. The SMILES string of the molecule is NCCCCC(N)(C(=O)O)C(=O)C(N)CC(=O)O. The van der Waals surface area contributed by atoms with E-state index < -0.39 is 35.7 Å². The molecular formula is C10H19N3O5. The molecule has 0 aliphatic heterocycles. The molecule has 0 radical (unpaired) electrons. The van der Waals surface area contributed by atoms with Crippen molar-refractivity contribution in [3.63, 3.8) is 0 Å². The molecule has 0 aromatic heterocycles. The predicted octanol–water partition coefficient (Wildman–Crippen LogP) is -1.73. The van der Waals surface area contributed by atoms with Gasteiger partial charge in [0.1, 0.15) is 0 Å². The number of carboxylic acids is 2. The molecule has 2 atom stereocenters. The number of ketones is 1. The van der Waals surface area contributed by atoms with Crippen molar-refractivity contribution in [2.75, 3.05) is 6.54 Å². The van der Waals surface area contributed by atoms with E-state index in [1.165, 1.54) is 0 Å². The number of unbranched alkanes of at least 4 members (excludes halogenated alkanes) is 1. The summed E-state index contributed by atoms with van der Waals surface area (Å²) < 4.78 is 0. The van der Waals surface area contributed by atoms with Gasteiger partial charge in [-0.05, 0) is 25.8 Å². The van der Waals surface area contributed by atoms with Gasteiger partial charge in [0.2, 0.25) is 0 Å². The van der Waals surface area contributed by atoms with Crippen LogP contribution in [0.5, 0.6) is 0 Å². The Balaban J connectivity index is 4.81. The topological polar surface area (TPSA) is 170 Å². The Morgan fingerprint density at radius 2 is 1.72 bits per heavy atom. The number of hydrogen-bond acceptors (Lipinski definition) is 6. The molecule has 0 heterocycles. The molecule has 18 heavy (non-hydrogen) atoms. The van der Waals surface area contributed by atoms with Gasteiger partial charge in [-0.15, -0.1) is 0 Å². The molecule has 0 rings (SSSR count). The Morgan fingerprint density at radius 1 is 1.17 bits per heavy atom. The zero-order valence-electron chi connectivity index (χ0n) is 9.96. The molecule has 0 aliphatic carbocycles. The van der Waals surface area contributed by atoms with Gasteiger partial charge in [-0.25, -0.2) is 4.79 Å². The minimum Gasteiger partial charge on any atom is -0.481 e. The molecule has 104 valence electrons. The average molecular weight is 261 g/mol. The number of carboxylic acid groups (broad SMARTS) is 2. The lowest BCUT2D eigenvalue weighted by Crippen LogP contribution is -2.60. The van der Waals surface area contributed by atoms with E-state index in [0.717, 1.165) is 0 Å². The number of carbonyl (C=O) groups excluding carboxylic acids is 1. The van der Waals surface area contributed by atoms with Crippen LogP contribution in [-0.2, 0) is 14.4 Å². The second kappa shape index (κ2) is 7.04. The van der Waals surface area contributed by atoms with Crippen molar-refractivity contribution in [1.29, 1.82) is 0 Å². The van der Waals surface area contributed by atoms with Gasteiger partial charge >= 0.3 is 11.9 Å². The predicted molar refractivity (Wildman–Crippen MR) is 62.7 cm³/mol. The van der Waals surface area contributed by atoms with E-state index in [0.29, 0.717) is 19.4 Å². The molecule has 0 bridgehead atoms. The third-order valence-electron chi connectivity index (χ3n) is 2.58. The number of rotatable bonds is 9.